The number of hydrogen-bond donors (Lipinski definition) is 0. The van der Waals surface area contributed by atoms with E-state index in [9.17, 15) is 14.9 Å². The van der Waals surface area contributed by atoms with Crippen LogP contribution in [0.4, 0.5) is 17.1 Å². The van der Waals surface area contributed by atoms with Gasteiger partial charge in [0.1, 0.15) is 5.69 Å². The maximum absolute atomic E-state index is 11.7. The van der Waals surface area contributed by atoms with Gasteiger partial charge in [0.05, 0.1) is 37.2 Å². The zero-order valence-electron chi connectivity index (χ0n) is 23.2. The highest BCUT2D eigenvalue weighted by molar-refractivity contribution is 5.87. The summed E-state index contributed by atoms with van der Waals surface area (Å²) in [7, 11) is 4.66. The first-order valence-electron chi connectivity index (χ1n) is 13.5. The second kappa shape index (κ2) is 11.9. The molecule has 12 heteroatoms. The molecule has 0 unspecified atom stereocenters. The fourth-order valence-electron chi connectivity index (χ4n) is 5.63. The zero-order chi connectivity index (χ0) is 28.2. The molecule has 5 rings (SSSR count). The molecule has 2 saturated heterocycles. The predicted octanol–water partition coefficient (Wildman–Crippen LogP) is 3.22. The normalized spacial score (nSPS) is 16.7. The molecule has 2 aliphatic rings. The lowest BCUT2D eigenvalue weighted by Crippen LogP contribution is -2.49. The number of hydrogen-bond acceptors (Lipinski definition) is 10. The van der Waals surface area contributed by atoms with E-state index in [1.165, 1.54) is 14.2 Å². The van der Waals surface area contributed by atoms with Crippen LogP contribution in [0.15, 0.2) is 42.9 Å². The highest BCUT2D eigenvalue weighted by Crippen LogP contribution is 2.40. The largest absolute Gasteiger partial charge is 0.490 e. The summed E-state index contributed by atoms with van der Waals surface area (Å²) in [4.78, 5) is 34.3. The number of aryl methyl sites for hydroxylation is 1. The van der Waals surface area contributed by atoms with Gasteiger partial charge < -0.3 is 19.3 Å². The predicted molar refractivity (Wildman–Crippen MR) is 151 cm³/mol. The molecule has 4 heterocycles. The van der Waals surface area contributed by atoms with Crippen LogP contribution in [0.3, 0.4) is 0 Å². The van der Waals surface area contributed by atoms with Crippen LogP contribution in [0.1, 0.15) is 23.3 Å². The highest BCUT2D eigenvalue weighted by Gasteiger charge is 2.28. The van der Waals surface area contributed by atoms with Crippen molar-refractivity contribution in [3.63, 3.8) is 0 Å². The summed E-state index contributed by atoms with van der Waals surface area (Å²) >= 11 is 0. The van der Waals surface area contributed by atoms with Crippen molar-refractivity contribution in [2.45, 2.75) is 12.8 Å². The van der Waals surface area contributed by atoms with E-state index < -0.39 is 10.9 Å². The minimum atomic E-state index is -0.425. The minimum absolute atomic E-state index is 0.0507. The summed E-state index contributed by atoms with van der Waals surface area (Å²) in [6.07, 6.45) is 7.56. The molecule has 40 heavy (non-hydrogen) atoms. The maximum Gasteiger partial charge on any atom is 0.356 e. The third-order valence-corrected chi connectivity index (χ3v) is 7.86. The Balaban J connectivity index is 1.19. The Kier molecular flexibility index (Phi) is 8.15. The van der Waals surface area contributed by atoms with Crippen molar-refractivity contribution in [2.24, 2.45) is 13.0 Å². The fraction of sp³-hybridized carbons (Fsp3) is 0.464. The topological polar surface area (TPSA) is 119 Å². The van der Waals surface area contributed by atoms with Crippen LogP contribution in [-0.4, -0.2) is 90.6 Å². The highest BCUT2D eigenvalue weighted by atomic mass is 16.6. The molecule has 1 aromatic carbocycles. The number of anilines is 2. The number of piperazine rings is 1. The quantitative estimate of drug-likeness (QED) is 0.235. The maximum atomic E-state index is 11.7. The average molecular weight is 550 g/mol. The van der Waals surface area contributed by atoms with Gasteiger partial charge >= 0.3 is 11.7 Å². The Labute approximate surface area is 233 Å². The number of nitro groups is 1. The van der Waals surface area contributed by atoms with Gasteiger partial charge in [0.15, 0.2) is 5.75 Å². The van der Waals surface area contributed by atoms with Crippen molar-refractivity contribution in [2.75, 3.05) is 69.8 Å². The lowest BCUT2D eigenvalue weighted by Gasteiger charge is -2.40. The lowest BCUT2D eigenvalue weighted by molar-refractivity contribution is -0.385. The van der Waals surface area contributed by atoms with Gasteiger partial charge in [0.25, 0.3) is 0 Å². The molecule has 3 aromatic rings. The van der Waals surface area contributed by atoms with Crippen molar-refractivity contribution in [3.8, 4) is 16.9 Å². The second-order valence-electron chi connectivity index (χ2n) is 10.3. The van der Waals surface area contributed by atoms with Crippen molar-refractivity contribution in [3.05, 3.63) is 58.7 Å². The summed E-state index contributed by atoms with van der Waals surface area (Å²) in [5, 5.41) is 16.0. The van der Waals surface area contributed by atoms with Gasteiger partial charge in [-0.2, -0.15) is 5.10 Å². The van der Waals surface area contributed by atoms with E-state index in [4.69, 9.17) is 9.47 Å². The first kappa shape index (κ1) is 27.4. The van der Waals surface area contributed by atoms with E-state index in [0.717, 1.165) is 81.2 Å². The van der Waals surface area contributed by atoms with E-state index in [1.54, 1.807) is 35.3 Å². The smallest absolute Gasteiger partial charge is 0.356 e. The van der Waals surface area contributed by atoms with E-state index in [-0.39, 0.29) is 11.4 Å². The Morgan fingerprint density at radius 1 is 1.05 bits per heavy atom. The number of nitrogens with zero attached hydrogens (tertiary/aromatic N) is 7. The van der Waals surface area contributed by atoms with Crippen LogP contribution in [0.5, 0.6) is 5.75 Å². The molecule has 12 nitrogen and oxygen atoms in total. The Morgan fingerprint density at radius 2 is 1.80 bits per heavy atom. The number of aromatic nitrogens is 3. The molecule has 0 amide bonds. The third-order valence-electron chi connectivity index (χ3n) is 7.86. The van der Waals surface area contributed by atoms with Crippen molar-refractivity contribution < 1.29 is 19.2 Å². The molecule has 212 valence electrons. The molecule has 0 spiro atoms. The number of piperidine rings is 1. The standard InChI is InChI=1S/C28H35N7O5/c1-31-19-21(16-30-31)23-14-26(35(37)38)27(39-2)15-25(23)34-12-10-32(11-13-34)18-20-6-8-33(9-7-20)22-4-5-24(29-17-22)28(36)40-3/h4-5,14-17,19-20H,6-13,18H2,1-3H3. The monoisotopic (exact) mass is 549 g/mol. The SMILES string of the molecule is COC(=O)c1ccc(N2CCC(CN3CCN(c4cc(OC)c([N+](=O)[O-])cc4-c4cnn(C)c4)CC3)CC2)cn1. The molecule has 0 saturated carbocycles. The lowest BCUT2D eigenvalue weighted by atomic mass is 9.95. The number of carbonyl (C=O) groups excluding carboxylic acids is 1. The number of pyridine rings is 1. The van der Waals surface area contributed by atoms with E-state index in [0.29, 0.717) is 11.6 Å². The fourth-order valence-corrected chi connectivity index (χ4v) is 5.63. The summed E-state index contributed by atoms with van der Waals surface area (Å²) in [6.45, 7) is 6.47. The molecule has 2 aliphatic heterocycles. The van der Waals surface area contributed by atoms with Gasteiger partial charge in [-0.15, -0.1) is 0 Å². The van der Waals surface area contributed by atoms with E-state index >= 15 is 0 Å². The summed E-state index contributed by atoms with van der Waals surface area (Å²) < 4.78 is 11.8. The average Bonchev–Trinajstić information content (AvgIpc) is 3.42. The molecule has 0 N–H and O–H groups in total. The van der Waals surface area contributed by atoms with Crippen LogP contribution in [0, 0.1) is 16.0 Å². The summed E-state index contributed by atoms with van der Waals surface area (Å²) in [5.74, 6) is 0.457. The molecule has 2 aromatic heterocycles. The van der Waals surface area contributed by atoms with E-state index in [1.807, 2.05) is 19.3 Å². The van der Waals surface area contributed by atoms with Gasteiger partial charge in [-0.1, -0.05) is 0 Å². The number of ether oxygens (including phenoxy) is 2. The molecule has 0 radical (unpaired) electrons. The second-order valence-corrected chi connectivity index (χ2v) is 10.3. The molecular formula is C28H35N7O5. The summed E-state index contributed by atoms with van der Waals surface area (Å²) in [6, 6.07) is 7.04. The van der Waals surface area contributed by atoms with Crippen LogP contribution < -0.4 is 14.5 Å². The zero-order valence-corrected chi connectivity index (χ0v) is 23.2. The summed E-state index contributed by atoms with van der Waals surface area (Å²) in [5.41, 5.74) is 3.85. The van der Waals surface area contributed by atoms with Gasteiger partial charge in [0, 0.05) is 88.0 Å². The molecule has 0 bridgehead atoms. The molecule has 0 atom stereocenters. The third kappa shape index (κ3) is 5.86. The first-order valence-corrected chi connectivity index (χ1v) is 13.5. The minimum Gasteiger partial charge on any atom is -0.490 e. The number of benzene rings is 1. The molecule has 2 fully saturated rings. The van der Waals surface area contributed by atoms with Crippen molar-refractivity contribution >= 4 is 23.0 Å². The van der Waals surface area contributed by atoms with Crippen molar-refractivity contribution in [1.82, 2.24) is 19.7 Å². The van der Waals surface area contributed by atoms with Crippen LogP contribution >= 0.6 is 0 Å². The molecular weight excluding hydrogens is 514 g/mol. The number of rotatable bonds is 8. The van der Waals surface area contributed by atoms with Gasteiger partial charge in [-0.3, -0.25) is 19.7 Å². The number of carbonyl (C=O) groups is 1. The Morgan fingerprint density at radius 3 is 2.38 bits per heavy atom. The first-order chi connectivity index (χ1) is 19.4. The van der Waals surface area contributed by atoms with Gasteiger partial charge in [-0.05, 0) is 30.9 Å². The van der Waals surface area contributed by atoms with Crippen molar-refractivity contribution in [1.29, 1.82) is 0 Å². The van der Waals surface area contributed by atoms with Crippen LogP contribution in [0.2, 0.25) is 0 Å². The van der Waals surface area contributed by atoms with Crippen LogP contribution in [0.25, 0.3) is 11.1 Å². The number of methoxy groups -OCH3 is 2. The van der Waals surface area contributed by atoms with Gasteiger partial charge in [0.2, 0.25) is 0 Å². The number of esters is 1. The number of nitro benzene ring substituents is 1. The van der Waals surface area contributed by atoms with E-state index in [2.05, 4.69) is 24.8 Å². The Bertz CT molecular complexity index is 1340. The Hall–Kier alpha value is -4.19. The van der Waals surface area contributed by atoms with Gasteiger partial charge in [-0.25, -0.2) is 9.78 Å². The molecule has 0 aliphatic carbocycles. The van der Waals surface area contributed by atoms with Crippen LogP contribution in [-0.2, 0) is 11.8 Å².